The Morgan fingerprint density at radius 3 is 2.53 bits per heavy atom. The standard InChI is InChI=1S/C14H22ClNO/c1-9(6-11(3)15)7-13-12(4)14(17-5)10(2)8-16-13/h8-9,11H,6-7H2,1-5H3. The first-order valence-electron chi connectivity index (χ1n) is 6.08. The maximum absolute atomic E-state index is 6.02. The maximum atomic E-state index is 6.02. The molecule has 0 bridgehead atoms. The van der Waals surface area contributed by atoms with Gasteiger partial charge in [-0.15, -0.1) is 11.6 Å². The monoisotopic (exact) mass is 255 g/mol. The molecule has 0 amide bonds. The third kappa shape index (κ3) is 3.88. The zero-order valence-electron chi connectivity index (χ0n) is 11.4. The molecule has 0 aliphatic carbocycles. The Morgan fingerprint density at radius 2 is 2.00 bits per heavy atom. The van der Waals surface area contributed by atoms with Crippen LogP contribution in [0.3, 0.4) is 0 Å². The van der Waals surface area contributed by atoms with Gasteiger partial charge in [0.05, 0.1) is 7.11 Å². The minimum absolute atomic E-state index is 0.220. The van der Waals surface area contributed by atoms with Crippen LogP contribution < -0.4 is 4.74 Å². The van der Waals surface area contributed by atoms with Crippen molar-refractivity contribution in [2.75, 3.05) is 7.11 Å². The van der Waals surface area contributed by atoms with Crippen molar-refractivity contribution in [2.45, 2.75) is 45.9 Å². The Hall–Kier alpha value is -0.760. The number of ether oxygens (including phenoxy) is 1. The smallest absolute Gasteiger partial charge is 0.128 e. The fourth-order valence-corrected chi connectivity index (χ4v) is 2.55. The van der Waals surface area contributed by atoms with Gasteiger partial charge in [0.25, 0.3) is 0 Å². The van der Waals surface area contributed by atoms with Crippen LogP contribution in [0.25, 0.3) is 0 Å². The van der Waals surface area contributed by atoms with E-state index in [0.29, 0.717) is 5.92 Å². The lowest BCUT2D eigenvalue weighted by Crippen LogP contribution is -2.09. The van der Waals surface area contributed by atoms with E-state index in [0.717, 1.165) is 35.4 Å². The Bertz CT molecular complexity index is 377. The van der Waals surface area contributed by atoms with Crippen molar-refractivity contribution in [3.05, 3.63) is 23.0 Å². The summed E-state index contributed by atoms with van der Waals surface area (Å²) in [6, 6.07) is 0. The molecule has 1 aromatic rings. The molecule has 0 spiro atoms. The summed E-state index contributed by atoms with van der Waals surface area (Å²) in [6.45, 7) is 8.35. The molecule has 0 aromatic carbocycles. The van der Waals surface area contributed by atoms with Gasteiger partial charge in [-0.1, -0.05) is 6.92 Å². The number of rotatable bonds is 5. The topological polar surface area (TPSA) is 22.1 Å². The number of hydrogen-bond donors (Lipinski definition) is 0. The second kappa shape index (κ2) is 6.25. The molecule has 2 nitrogen and oxygen atoms in total. The summed E-state index contributed by atoms with van der Waals surface area (Å²) < 4.78 is 5.41. The van der Waals surface area contributed by atoms with Crippen molar-refractivity contribution in [3.63, 3.8) is 0 Å². The van der Waals surface area contributed by atoms with Gasteiger partial charge in [0.1, 0.15) is 5.75 Å². The number of halogens is 1. The summed E-state index contributed by atoms with van der Waals surface area (Å²) in [5, 5.41) is 0.220. The van der Waals surface area contributed by atoms with Gasteiger partial charge >= 0.3 is 0 Å². The van der Waals surface area contributed by atoms with Crippen molar-refractivity contribution in [2.24, 2.45) is 5.92 Å². The lowest BCUT2D eigenvalue weighted by atomic mass is 9.97. The molecule has 96 valence electrons. The molecule has 0 saturated carbocycles. The molecule has 3 heteroatoms. The first-order chi connectivity index (χ1) is 7.95. The molecule has 0 aliphatic rings. The Morgan fingerprint density at radius 1 is 1.35 bits per heavy atom. The molecule has 1 aromatic heterocycles. The van der Waals surface area contributed by atoms with E-state index in [2.05, 4.69) is 18.8 Å². The minimum atomic E-state index is 0.220. The molecule has 0 radical (unpaired) electrons. The summed E-state index contributed by atoms with van der Waals surface area (Å²) in [6.07, 6.45) is 3.86. The van der Waals surface area contributed by atoms with Crippen LogP contribution in [0.15, 0.2) is 6.20 Å². The highest BCUT2D eigenvalue weighted by Gasteiger charge is 2.13. The van der Waals surface area contributed by atoms with E-state index in [1.165, 1.54) is 0 Å². The number of aryl methyl sites for hydroxylation is 1. The average molecular weight is 256 g/mol. The second-order valence-electron chi connectivity index (χ2n) is 4.87. The number of aromatic nitrogens is 1. The van der Waals surface area contributed by atoms with Gasteiger partial charge in [0.15, 0.2) is 0 Å². The summed E-state index contributed by atoms with van der Waals surface area (Å²) in [4.78, 5) is 4.51. The minimum Gasteiger partial charge on any atom is -0.496 e. The Kier molecular flexibility index (Phi) is 5.26. The van der Waals surface area contributed by atoms with E-state index in [1.807, 2.05) is 20.0 Å². The van der Waals surface area contributed by atoms with Crippen LogP contribution in [0.4, 0.5) is 0 Å². The number of pyridine rings is 1. The fourth-order valence-electron chi connectivity index (χ4n) is 2.24. The number of hydrogen-bond acceptors (Lipinski definition) is 2. The van der Waals surface area contributed by atoms with Crippen molar-refractivity contribution in [1.29, 1.82) is 0 Å². The van der Waals surface area contributed by atoms with E-state index < -0.39 is 0 Å². The number of nitrogens with zero attached hydrogens (tertiary/aromatic N) is 1. The Labute approximate surface area is 109 Å². The van der Waals surface area contributed by atoms with E-state index >= 15 is 0 Å². The molecule has 0 N–H and O–H groups in total. The van der Waals surface area contributed by atoms with Crippen LogP contribution in [-0.2, 0) is 6.42 Å². The molecule has 0 saturated heterocycles. The first-order valence-corrected chi connectivity index (χ1v) is 6.52. The largest absolute Gasteiger partial charge is 0.496 e. The van der Waals surface area contributed by atoms with Crippen LogP contribution in [0.2, 0.25) is 0 Å². The van der Waals surface area contributed by atoms with Gasteiger partial charge < -0.3 is 4.74 Å². The lowest BCUT2D eigenvalue weighted by Gasteiger charge is -2.16. The highest BCUT2D eigenvalue weighted by atomic mass is 35.5. The van der Waals surface area contributed by atoms with Crippen LogP contribution in [0, 0.1) is 19.8 Å². The molecule has 17 heavy (non-hydrogen) atoms. The summed E-state index contributed by atoms with van der Waals surface area (Å²) in [5.41, 5.74) is 3.37. The molecule has 1 rings (SSSR count). The summed E-state index contributed by atoms with van der Waals surface area (Å²) in [5.74, 6) is 1.50. The number of alkyl halides is 1. The van der Waals surface area contributed by atoms with Gasteiger partial charge in [-0.05, 0) is 39.5 Å². The highest BCUT2D eigenvalue weighted by Crippen LogP contribution is 2.26. The zero-order chi connectivity index (χ0) is 13.0. The summed E-state index contributed by atoms with van der Waals surface area (Å²) in [7, 11) is 1.71. The highest BCUT2D eigenvalue weighted by molar-refractivity contribution is 6.20. The normalized spacial score (nSPS) is 14.5. The van der Waals surface area contributed by atoms with Gasteiger partial charge in [-0.3, -0.25) is 4.98 Å². The molecular formula is C14H22ClNO. The molecule has 2 unspecified atom stereocenters. The van der Waals surface area contributed by atoms with Crippen LogP contribution in [0.1, 0.15) is 37.1 Å². The van der Waals surface area contributed by atoms with Gasteiger partial charge in [0, 0.05) is 28.4 Å². The molecule has 0 fully saturated rings. The van der Waals surface area contributed by atoms with E-state index in [4.69, 9.17) is 16.3 Å². The average Bonchev–Trinajstić information content (AvgIpc) is 2.22. The molecular weight excluding hydrogens is 234 g/mol. The molecule has 0 aliphatic heterocycles. The predicted molar refractivity (Wildman–Crippen MR) is 73.1 cm³/mol. The van der Waals surface area contributed by atoms with Gasteiger partial charge in [-0.2, -0.15) is 0 Å². The van der Waals surface area contributed by atoms with E-state index in [1.54, 1.807) is 7.11 Å². The maximum Gasteiger partial charge on any atom is 0.128 e. The van der Waals surface area contributed by atoms with Crippen LogP contribution >= 0.6 is 11.6 Å². The molecule has 2 atom stereocenters. The fraction of sp³-hybridized carbons (Fsp3) is 0.643. The quantitative estimate of drug-likeness (QED) is 0.745. The van der Waals surface area contributed by atoms with Crippen LogP contribution in [0.5, 0.6) is 5.75 Å². The van der Waals surface area contributed by atoms with Crippen molar-refractivity contribution < 1.29 is 4.74 Å². The zero-order valence-corrected chi connectivity index (χ0v) is 12.1. The third-order valence-electron chi connectivity index (χ3n) is 3.02. The van der Waals surface area contributed by atoms with Gasteiger partial charge in [0.2, 0.25) is 0 Å². The first kappa shape index (κ1) is 14.3. The Balaban J connectivity index is 2.85. The van der Waals surface area contributed by atoms with Crippen molar-refractivity contribution in [3.8, 4) is 5.75 Å². The lowest BCUT2D eigenvalue weighted by molar-refractivity contribution is 0.405. The van der Waals surface area contributed by atoms with E-state index in [-0.39, 0.29) is 5.38 Å². The SMILES string of the molecule is COc1c(C)cnc(CC(C)CC(C)Cl)c1C. The summed E-state index contributed by atoms with van der Waals surface area (Å²) >= 11 is 6.02. The number of methoxy groups -OCH3 is 1. The van der Waals surface area contributed by atoms with Crippen molar-refractivity contribution >= 4 is 11.6 Å². The molecule has 1 heterocycles. The van der Waals surface area contributed by atoms with E-state index in [9.17, 15) is 0 Å². The predicted octanol–water partition coefficient (Wildman–Crippen LogP) is 3.90. The third-order valence-corrected chi connectivity index (χ3v) is 3.20. The van der Waals surface area contributed by atoms with Crippen molar-refractivity contribution in [1.82, 2.24) is 4.98 Å². The second-order valence-corrected chi connectivity index (χ2v) is 5.62. The van der Waals surface area contributed by atoms with Crippen LogP contribution in [-0.4, -0.2) is 17.5 Å². The van der Waals surface area contributed by atoms with Gasteiger partial charge in [-0.25, -0.2) is 0 Å².